The van der Waals surface area contributed by atoms with Crippen molar-refractivity contribution in [1.82, 2.24) is 10.2 Å². The summed E-state index contributed by atoms with van der Waals surface area (Å²) in [4.78, 5) is 40.1. The fourth-order valence-corrected chi connectivity index (χ4v) is 5.62. The van der Waals surface area contributed by atoms with E-state index in [1.807, 2.05) is 18.2 Å². The fraction of sp³-hybridized carbons (Fsp3) is 0.400. The van der Waals surface area contributed by atoms with Crippen molar-refractivity contribution in [2.45, 2.75) is 52.2 Å². The maximum absolute atomic E-state index is 13.8. The SMILES string of the molecule is COC(=O)C1=C(C)NC(C)=C(C(=O)OC2CCN(C(C)c3ccccc3)CC2C)C1c1cccc([N+](=O)[O-])c1. The van der Waals surface area contributed by atoms with E-state index in [0.717, 1.165) is 13.1 Å². The van der Waals surface area contributed by atoms with Crippen LogP contribution in [0.15, 0.2) is 77.1 Å². The minimum absolute atomic E-state index is 0.0833. The van der Waals surface area contributed by atoms with E-state index in [2.05, 4.69) is 36.2 Å². The van der Waals surface area contributed by atoms with Crippen molar-refractivity contribution >= 4 is 17.6 Å². The molecule has 9 heteroatoms. The maximum Gasteiger partial charge on any atom is 0.337 e. The van der Waals surface area contributed by atoms with Crippen LogP contribution in [-0.2, 0) is 19.1 Å². The number of non-ortho nitro benzene ring substituents is 1. The highest BCUT2D eigenvalue weighted by atomic mass is 16.6. The first-order chi connectivity index (χ1) is 18.6. The van der Waals surface area contributed by atoms with Crippen molar-refractivity contribution in [3.05, 3.63) is 98.4 Å². The van der Waals surface area contributed by atoms with Crippen LogP contribution in [0.2, 0.25) is 0 Å². The van der Waals surface area contributed by atoms with Gasteiger partial charge in [-0.1, -0.05) is 49.4 Å². The van der Waals surface area contributed by atoms with Crippen LogP contribution in [0, 0.1) is 16.0 Å². The highest BCUT2D eigenvalue weighted by molar-refractivity contribution is 6.00. The van der Waals surface area contributed by atoms with E-state index in [9.17, 15) is 19.7 Å². The van der Waals surface area contributed by atoms with Crippen molar-refractivity contribution in [3.63, 3.8) is 0 Å². The number of hydrogen-bond donors (Lipinski definition) is 1. The van der Waals surface area contributed by atoms with Crippen LogP contribution in [0.3, 0.4) is 0 Å². The van der Waals surface area contributed by atoms with Crippen LogP contribution in [0.4, 0.5) is 5.69 Å². The monoisotopic (exact) mass is 533 g/mol. The molecule has 2 aliphatic heterocycles. The minimum atomic E-state index is -0.875. The number of esters is 2. The molecule has 0 amide bonds. The van der Waals surface area contributed by atoms with Gasteiger partial charge in [-0.25, -0.2) is 9.59 Å². The Kier molecular flexibility index (Phi) is 8.50. The van der Waals surface area contributed by atoms with E-state index in [4.69, 9.17) is 9.47 Å². The molecule has 4 atom stereocenters. The fourth-order valence-electron chi connectivity index (χ4n) is 5.62. The molecule has 0 bridgehead atoms. The third kappa shape index (κ3) is 5.88. The molecule has 0 spiro atoms. The van der Waals surface area contributed by atoms with Crippen LogP contribution >= 0.6 is 0 Å². The largest absolute Gasteiger partial charge is 0.466 e. The van der Waals surface area contributed by atoms with Crippen LogP contribution in [0.25, 0.3) is 0 Å². The number of dihydropyridines is 1. The molecule has 206 valence electrons. The van der Waals surface area contributed by atoms with Gasteiger partial charge in [0.25, 0.3) is 5.69 Å². The first-order valence-electron chi connectivity index (χ1n) is 13.1. The Hall–Kier alpha value is -3.98. The van der Waals surface area contributed by atoms with Crippen LogP contribution < -0.4 is 5.32 Å². The molecule has 1 N–H and O–H groups in total. The number of piperidine rings is 1. The lowest BCUT2D eigenvalue weighted by molar-refractivity contribution is -0.384. The predicted molar refractivity (Wildman–Crippen MR) is 146 cm³/mol. The van der Waals surface area contributed by atoms with Gasteiger partial charge in [0.1, 0.15) is 6.10 Å². The molecule has 2 heterocycles. The Morgan fingerprint density at radius 2 is 1.72 bits per heavy atom. The molecule has 0 saturated carbocycles. The summed E-state index contributed by atoms with van der Waals surface area (Å²) in [6, 6.07) is 16.5. The van der Waals surface area contributed by atoms with Crippen molar-refractivity contribution < 1.29 is 24.0 Å². The Balaban J connectivity index is 1.59. The van der Waals surface area contributed by atoms with Gasteiger partial charge in [0.15, 0.2) is 0 Å². The third-order valence-electron chi connectivity index (χ3n) is 7.75. The molecule has 0 aliphatic carbocycles. The molecular formula is C30H35N3O6. The van der Waals surface area contributed by atoms with Gasteiger partial charge in [-0.15, -0.1) is 0 Å². The molecule has 39 heavy (non-hydrogen) atoms. The van der Waals surface area contributed by atoms with E-state index >= 15 is 0 Å². The number of nitrogens with zero attached hydrogens (tertiary/aromatic N) is 2. The summed E-state index contributed by atoms with van der Waals surface area (Å²) in [6.07, 6.45) is 0.362. The topological polar surface area (TPSA) is 111 Å². The first-order valence-corrected chi connectivity index (χ1v) is 13.1. The lowest BCUT2D eigenvalue weighted by Crippen LogP contribution is -2.45. The number of carbonyl (C=O) groups is 2. The van der Waals surface area contributed by atoms with Gasteiger partial charge in [0, 0.05) is 48.6 Å². The predicted octanol–water partition coefficient (Wildman–Crippen LogP) is 5.02. The van der Waals surface area contributed by atoms with Crippen LogP contribution in [-0.4, -0.2) is 48.1 Å². The molecule has 0 radical (unpaired) electrons. The number of nitro benzene ring substituents is 1. The van der Waals surface area contributed by atoms with E-state index in [1.54, 1.807) is 26.0 Å². The number of nitrogens with one attached hydrogen (secondary N) is 1. The van der Waals surface area contributed by atoms with Gasteiger partial charge < -0.3 is 14.8 Å². The van der Waals surface area contributed by atoms with Crippen molar-refractivity contribution in [2.24, 2.45) is 5.92 Å². The van der Waals surface area contributed by atoms with Crippen molar-refractivity contribution in [1.29, 1.82) is 0 Å². The number of nitro groups is 1. The average Bonchev–Trinajstić information content (AvgIpc) is 2.93. The van der Waals surface area contributed by atoms with E-state index in [1.165, 1.54) is 24.8 Å². The number of ether oxygens (including phenoxy) is 2. The molecule has 1 fully saturated rings. The molecule has 4 rings (SSSR count). The second kappa shape index (κ2) is 11.8. The van der Waals surface area contributed by atoms with Crippen LogP contribution in [0.5, 0.6) is 0 Å². The number of hydrogen-bond acceptors (Lipinski definition) is 8. The summed E-state index contributed by atoms with van der Waals surface area (Å²) in [6.45, 7) is 9.26. The van der Waals surface area contributed by atoms with E-state index < -0.39 is 22.8 Å². The van der Waals surface area contributed by atoms with Crippen molar-refractivity contribution in [3.8, 4) is 0 Å². The zero-order valence-electron chi connectivity index (χ0n) is 23.0. The zero-order chi connectivity index (χ0) is 28.3. The van der Waals surface area contributed by atoms with Gasteiger partial charge in [-0.2, -0.15) is 0 Å². The number of methoxy groups -OCH3 is 1. The van der Waals surface area contributed by atoms with Gasteiger partial charge in [0.2, 0.25) is 0 Å². The Morgan fingerprint density at radius 1 is 1.05 bits per heavy atom. The molecule has 9 nitrogen and oxygen atoms in total. The standard InChI is InChI=1S/C30H35N3O6/c1-18-17-32(21(4)22-10-7-6-8-11-22)15-14-25(18)39-30(35)27-20(3)31-19(2)26(29(34)38-5)28(27)23-12-9-13-24(16-23)33(36)37/h6-13,16,18,21,25,28,31H,14-15,17H2,1-5H3. The molecule has 0 aromatic heterocycles. The van der Waals surface area contributed by atoms with Gasteiger partial charge in [0.05, 0.1) is 29.1 Å². The number of rotatable bonds is 7. The van der Waals surface area contributed by atoms with E-state index in [0.29, 0.717) is 23.4 Å². The lowest BCUT2D eigenvalue weighted by atomic mass is 9.80. The summed E-state index contributed by atoms with van der Waals surface area (Å²) in [5.74, 6) is -1.96. The average molecular weight is 534 g/mol. The number of benzene rings is 2. The second-order valence-electron chi connectivity index (χ2n) is 10.3. The molecule has 2 aromatic carbocycles. The van der Waals surface area contributed by atoms with Gasteiger partial charge in [-0.05, 0) is 38.3 Å². The summed E-state index contributed by atoms with van der Waals surface area (Å²) < 4.78 is 11.1. The van der Waals surface area contributed by atoms with Crippen LogP contribution in [0.1, 0.15) is 57.2 Å². The summed E-state index contributed by atoms with van der Waals surface area (Å²) in [5.41, 5.74) is 3.06. The summed E-state index contributed by atoms with van der Waals surface area (Å²) >= 11 is 0. The number of likely N-dealkylation sites (tertiary alicyclic amines) is 1. The van der Waals surface area contributed by atoms with Crippen molar-refractivity contribution in [2.75, 3.05) is 20.2 Å². The lowest BCUT2D eigenvalue weighted by Gasteiger charge is -2.40. The Bertz CT molecular complexity index is 1320. The summed E-state index contributed by atoms with van der Waals surface area (Å²) in [5, 5.41) is 14.6. The normalized spacial score (nSPS) is 22.6. The molecule has 2 aliphatic rings. The molecular weight excluding hydrogens is 498 g/mol. The number of carbonyl (C=O) groups excluding carboxylic acids is 2. The van der Waals surface area contributed by atoms with Gasteiger partial charge >= 0.3 is 11.9 Å². The Morgan fingerprint density at radius 3 is 2.33 bits per heavy atom. The quantitative estimate of drug-likeness (QED) is 0.300. The highest BCUT2D eigenvalue weighted by Crippen LogP contribution is 2.41. The molecule has 2 aromatic rings. The highest BCUT2D eigenvalue weighted by Gasteiger charge is 2.40. The first kappa shape index (κ1) is 28.0. The Labute approximate surface area is 228 Å². The second-order valence-corrected chi connectivity index (χ2v) is 10.3. The van der Waals surface area contributed by atoms with Gasteiger partial charge in [-0.3, -0.25) is 15.0 Å². The number of allylic oxidation sites excluding steroid dienone is 2. The summed E-state index contributed by atoms with van der Waals surface area (Å²) in [7, 11) is 1.27. The zero-order valence-corrected chi connectivity index (χ0v) is 23.0. The maximum atomic E-state index is 13.8. The smallest absolute Gasteiger partial charge is 0.337 e. The van der Waals surface area contributed by atoms with E-state index in [-0.39, 0.29) is 34.9 Å². The third-order valence-corrected chi connectivity index (χ3v) is 7.75. The molecule has 1 saturated heterocycles. The minimum Gasteiger partial charge on any atom is -0.466 e. The molecule has 4 unspecified atom stereocenters.